The fourth-order valence-electron chi connectivity index (χ4n) is 2.43. The van der Waals surface area contributed by atoms with Gasteiger partial charge in [-0.15, -0.1) is 0 Å². The van der Waals surface area contributed by atoms with Gasteiger partial charge in [0.2, 0.25) is 0 Å². The molecule has 112 valence electrons. The lowest BCUT2D eigenvalue weighted by Crippen LogP contribution is -2.23. The number of halogens is 2. The zero-order valence-corrected chi connectivity index (χ0v) is 13.9. The van der Waals surface area contributed by atoms with Gasteiger partial charge in [-0.25, -0.2) is 4.39 Å². The second-order valence-electron chi connectivity index (χ2n) is 5.02. The maximum atomic E-state index is 13.2. The molecule has 2 aromatic carbocycles. The molecule has 0 spiro atoms. The number of nitrogens with one attached hydrogen (secondary N) is 1. The normalized spacial score (nSPS) is 13.8. The Morgan fingerprint density at radius 2 is 1.71 bits per heavy atom. The van der Waals surface area contributed by atoms with E-state index in [2.05, 4.69) is 35.1 Å². The Balaban J connectivity index is 2.16. The lowest BCUT2D eigenvalue weighted by Gasteiger charge is -2.23. The minimum atomic E-state index is -0.240. The summed E-state index contributed by atoms with van der Waals surface area (Å²) < 4.78 is 19.3. The molecule has 0 saturated heterocycles. The average molecular weight is 352 g/mol. The molecular weight excluding hydrogens is 333 g/mol. The standard InChI is InChI=1S/C17H19BrFNO/c1-11(14-9-8-13(19)10-16(14)18)20-12(2)15-6-4-5-7-17(15)21-3/h4-12,20H,1-3H3. The van der Waals surface area contributed by atoms with Crippen LogP contribution in [0.3, 0.4) is 0 Å². The van der Waals surface area contributed by atoms with Gasteiger partial charge in [0.25, 0.3) is 0 Å². The van der Waals surface area contributed by atoms with Crippen LogP contribution in [0.25, 0.3) is 0 Å². The summed E-state index contributed by atoms with van der Waals surface area (Å²) in [6.07, 6.45) is 0. The molecule has 2 atom stereocenters. The minimum Gasteiger partial charge on any atom is -0.496 e. The first kappa shape index (κ1) is 16.0. The third-order valence-electron chi connectivity index (χ3n) is 3.53. The van der Waals surface area contributed by atoms with Crippen molar-refractivity contribution in [3.63, 3.8) is 0 Å². The van der Waals surface area contributed by atoms with Crippen molar-refractivity contribution in [2.75, 3.05) is 7.11 Å². The number of ether oxygens (including phenoxy) is 1. The number of hydrogen-bond acceptors (Lipinski definition) is 2. The van der Waals surface area contributed by atoms with Crippen LogP contribution in [0, 0.1) is 5.82 Å². The highest BCUT2D eigenvalue weighted by atomic mass is 79.9. The third kappa shape index (κ3) is 3.83. The molecule has 0 aromatic heterocycles. The van der Waals surface area contributed by atoms with Crippen molar-refractivity contribution < 1.29 is 9.13 Å². The summed E-state index contributed by atoms with van der Waals surface area (Å²) in [7, 11) is 1.67. The van der Waals surface area contributed by atoms with Gasteiger partial charge in [0.1, 0.15) is 11.6 Å². The topological polar surface area (TPSA) is 21.3 Å². The predicted molar refractivity (Wildman–Crippen MR) is 87.1 cm³/mol. The van der Waals surface area contributed by atoms with E-state index in [4.69, 9.17) is 4.74 Å². The Hall–Kier alpha value is -1.39. The maximum Gasteiger partial charge on any atom is 0.124 e. The van der Waals surface area contributed by atoms with Crippen LogP contribution in [-0.2, 0) is 0 Å². The monoisotopic (exact) mass is 351 g/mol. The summed E-state index contributed by atoms with van der Waals surface area (Å²) in [5, 5.41) is 3.51. The quantitative estimate of drug-likeness (QED) is 0.817. The van der Waals surface area contributed by atoms with Crippen molar-refractivity contribution in [2.24, 2.45) is 0 Å². The van der Waals surface area contributed by atoms with Crippen molar-refractivity contribution in [3.8, 4) is 5.75 Å². The van der Waals surface area contributed by atoms with Gasteiger partial charge in [-0.1, -0.05) is 40.2 Å². The molecule has 0 heterocycles. The van der Waals surface area contributed by atoms with E-state index in [-0.39, 0.29) is 17.9 Å². The Labute approximate surface area is 133 Å². The summed E-state index contributed by atoms with van der Waals surface area (Å²) >= 11 is 3.42. The molecule has 2 nitrogen and oxygen atoms in total. The van der Waals surface area contributed by atoms with Crippen LogP contribution in [-0.4, -0.2) is 7.11 Å². The number of para-hydroxylation sites is 1. The van der Waals surface area contributed by atoms with Gasteiger partial charge in [-0.05, 0) is 37.6 Å². The highest BCUT2D eigenvalue weighted by Gasteiger charge is 2.16. The molecule has 0 fully saturated rings. The smallest absolute Gasteiger partial charge is 0.124 e. The van der Waals surface area contributed by atoms with E-state index in [9.17, 15) is 4.39 Å². The molecule has 4 heteroatoms. The van der Waals surface area contributed by atoms with E-state index in [1.807, 2.05) is 24.3 Å². The van der Waals surface area contributed by atoms with E-state index in [0.717, 1.165) is 21.3 Å². The zero-order chi connectivity index (χ0) is 15.4. The highest BCUT2D eigenvalue weighted by molar-refractivity contribution is 9.10. The lowest BCUT2D eigenvalue weighted by atomic mass is 10.0. The van der Waals surface area contributed by atoms with E-state index in [1.54, 1.807) is 13.2 Å². The largest absolute Gasteiger partial charge is 0.496 e. The van der Waals surface area contributed by atoms with Gasteiger partial charge in [-0.3, -0.25) is 0 Å². The third-order valence-corrected chi connectivity index (χ3v) is 4.22. The molecular formula is C17H19BrFNO. The van der Waals surface area contributed by atoms with Gasteiger partial charge in [0.05, 0.1) is 7.11 Å². The number of hydrogen-bond donors (Lipinski definition) is 1. The summed E-state index contributed by atoms with van der Waals surface area (Å²) in [5.74, 6) is 0.624. The molecule has 1 N–H and O–H groups in total. The Morgan fingerprint density at radius 1 is 1.05 bits per heavy atom. The fraction of sp³-hybridized carbons (Fsp3) is 0.294. The molecule has 2 aromatic rings. The first-order valence-electron chi connectivity index (χ1n) is 6.87. The minimum absolute atomic E-state index is 0.0832. The predicted octanol–water partition coefficient (Wildman–Crippen LogP) is 5.01. The fourth-order valence-corrected chi connectivity index (χ4v) is 3.13. The number of rotatable bonds is 5. The highest BCUT2D eigenvalue weighted by Crippen LogP contribution is 2.29. The number of benzene rings is 2. The Bertz CT molecular complexity index is 617. The molecule has 2 unspecified atom stereocenters. The Kier molecular flexibility index (Phi) is 5.37. The van der Waals surface area contributed by atoms with Gasteiger partial charge < -0.3 is 10.1 Å². The van der Waals surface area contributed by atoms with Gasteiger partial charge in [0, 0.05) is 22.1 Å². The van der Waals surface area contributed by atoms with Gasteiger partial charge in [0.15, 0.2) is 0 Å². The molecule has 0 bridgehead atoms. The van der Waals surface area contributed by atoms with Crippen LogP contribution < -0.4 is 10.1 Å². The first-order chi connectivity index (χ1) is 10.0. The van der Waals surface area contributed by atoms with E-state index in [1.165, 1.54) is 12.1 Å². The second-order valence-corrected chi connectivity index (χ2v) is 5.87. The van der Waals surface area contributed by atoms with Crippen molar-refractivity contribution in [1.29, 1.82) is 0 Å². The molecule has 21 heavy (non-hydrogen) atoms. The zero-order valence-electron chi connectivity index (χ0n) is 12.4. The van der Waals surface area contributed by atoms with E-state index >= 15 is 0 Å². The average Bonchev–Trinajstić information content (AvgIpc) is 2.46. The molecule has 0 radical (unpaired) electrons. The summed E-state index contributed by atoms with van der Waals surface area (Å²) in [6.45, 7) is 4.15. The lowest BCUT2D eigenvalue weighted by molar-refractivity contribution is 0.396. The molecule has 0 aliphatic carbocycles. The molecule has 0 amide bonds. The number of methoxy groups -OCH3 is 1. The maximum absolute atomic E-state index is 13.2. The van der Waals surface area contributed by atoms with Crippen LogP contribution in [0.2, 0.25) is 0 Å². The summed E-state index contributed by atoms with van der Waals surface area (Å²) in [5.41, 5.74) is 2.13. The van der Waals surface area contributed by atoms with Crippen LogP contribution in [0.4, 0.5) is 4.39 Å². The van der Waals surface area contributed by atoms with Crippen LogP contribution in [0.15, 0.2) is 46.9 Å². The van der Waals surface area contributed by atoms with E-state index in [0.29, 0.717) is 0 Å². The molecule has 0 saturated carbocycles. The van der Waals surface area contributed by atoms with E-state index < -0.39 is 0 Å². The van der Waals surface area contributed by atoms with Crippen molar-refractivity contribution in [1.82, 2.24) is 5.32 Å². The molecule has 0 aliphatic heterocycles. The Morgan fingerprint density at radius 3 is 2.38 bits per heavy atom. The van der Waals surface area contributed by atoms with Gasteiger partial charge in [-0.2, -0.15) is 0 Å². The van der Waals surface area contributed by atoms with Crippen LogP contribution >= 0.6 is 15.9 Å². The van der Waals surface area contributed by atoms with Crippen molar-refractivity contribution in [2.45, 2.75) is 25.9 Å². The molecule has 0 aliphatic rings. The van der Waals surface area contributed by atoms with Gasteiger partial charge >= 0.3 is 0 Å². The van der Waals surface area contributed by atoms with Crippen LogP contribution in [0.1, 0.15) is 37.1 Å². The summed E-state index contributed by atoms with van der Waals surface area (Å²) in [4.78, 5) is 0. The second kappa shape index (κ2) is 7.05. The SMILES string of the molecule is COc1ccccc1C(C)NC(C)c1ccc(F)cc1Br. The summed E-state index contributed by atoms with van der Waals surface area (Å²) in [6, 6.07) is 12.9. The van der Waals surface area contributed by atoms with Crippen LogP contribution in [0.5, 0.6) is 5.75 Å². The van der Waals surface area contributed by atoms with Crippen molar-refractivity contribution >= 4 is 15.9 Å². The van der Waals surface area contributed by atoms with Crippen molar-refractivity contribution in [3.05, 3.63) is 63.9 Å². The molecule has 2 rings (SSSR count). The first-order valence-corrected chi connectivity index (χ1v) is 7.66.